The lowest BCUT2D eigenvalue weighted by atomic mass is 9.84. The summed E-state index contributed by atoms with van der Waals surface area (Å²) in [6.07, 6.45) is 0. The van der Waals surface area contributed by atoms with Crippen molar-refractivity contribution in [3.8, 4) is 89.5 Å². The first kappa shape index (κ1) is 41.7. The van der Waals surface area contributed by atoms with Crippen molar-refractivity contribution in [1.29, 1.82) is 0 Å². The summed E-state index contributed by atoms with van der Waals surface area (Å²) in [6.45, 7) is 0. The zero-order chi connectivity index (χ0) is 45.5. The van der Waals surface area contributed by atoms with Crippen LogP contribution in [0.4, 0.5) is 0 Å². The Kier molecular flexibility index (Phi) is 11.8. The molecule has 0 radical (unpaired) electrons. The molecule has 0 unspecified atom stereocenters. The standard InChI is InChI=1S/C38H26.C28H20N2/c1-5-13-27(14-6-1)31-21-23-33-35(25-31)37(29-17-9-3-10-18-29)34-24-22-32(28-15-7-2-8-16-28)26-36(34)38(33)30-19-11-4-12-20-30;1-5-13-21(14-6-1)25-26(22-15-7-2-8-16-22)30-28(24-19-11-4-12-20-24)27(29-25)23-17-9-3-10-18-23/h1-26H;1-20H. The number of hydrogen-bond donors (Lipinski definition) is 0. The maximum Gasteiger partial charge on any atom is 0.0973 e. The van der Waals surface area contributed by atoms with Gasteiger partial charge in [0.15, 0.2) is 0 Å². The van der Waals surface area contributed by atoms with Crippen LogP contribution in [0.3, 0.4) is 0 Å². The van der Waals surface area contributed by atoms with Crippen LogP contribution in [-0.2, 0) is 0 Å². The molecule has 68 heavy (non-hydrogen) atoms. The Morgan fingerprint density at radius 2 is 0.382 bits per heavy atom. The summed E-state index contributed by atoms with van der Waals surface area (Å²) >= 11 is 0. The maximum atomic E-state index is 5.20. The monoisotopic (exact) mass is 866 g/mol. The summed E-state index contributed by atoms with van der Waals surface area (Å²) in [4.78, 5) is 10.4. The highest BCUT2D eigenvalue weighted by Gasteiger charge is 2.20. The lowest BCUT2D eigenvalue weighted by Gasteiger charge is -2.19. The van der Waals surface area contributed by atoms with Crippen molar-refractivity contribution in [1.82, 2.24) is 9.97 Å². The van der Waals surface area contributed by atoms with Gasteiger partial charge >= 0.3 is 0 Å². The van der Waals surface area contributed by atoms with E-state index in [2.05, 4.69) is 206 Å². The molecule has 0 aliphatic rings. The van der Waals surface area contributed by atoms with E-state index in [1.54, 1.807) is 0 Å². The fraction of sp³-hybridized carbons (Fsp3) is 0. The SMILES string of the molecule is c1ccc(-c2ccc3c(-c4ccccc4)c4cc(-c5ccccc5)ccc4c(-c4ccccc4)c3c2)cc1.c1ccc(-c2nc(-c3ccccc3)c(-c3ccccc3)nc2-c2ccccc2)cc1. The van der Waals surface area contributed by atoms with E-state index in [4.69, 9.17) is 9.97 Å². The Balaban J connectivity index is 0.000000153. The van der Waals surface area contributed by atoms with E-state index in [9.17, 15) is 0 Å². The Bertz CT molecular complexity index is 3260. The van der Waals surface area contributed by atoms with Crippen LogP contribution in [0, 0.1) is 0 Å². The normalized spacial score (nSPS) is 10.9. The molecular weight excluding hydrogens is 821 g/mol. The van der Waals surface area contributed by atoms with Crippen LogP contribution < -0.4 is 0 Å². The third-order valence-corrected chi connectivity index (χ3v) is 12.5. The molecule has 1 aromatic heterocycles. The van der Waals surface area contributed by atoms with E-state index < -0.39 is 0 Å². The highest BCUT2D eigenvalue weighted by molar-refractivity contribution is 6.22. The second-order valence-corrected chi connectivity index (χ2v) is 16.8. The highest BCUT2D eigenvalue weighted by Crippen LogP contribution is 2.46. The Morgan fingerprint density at radius 1 is 0.162 bits per heavy atom. The molecule has 2 heteroatoms. The fourth-order valence-electron chi connectivity index (χ4n) is 9.30. The van der Waals surface area contributed by atoms with Crippen molar-refractivity contribution in [2.45, 2.75) is 0 Å². The van der Waals surface area contributed by atoms with Gasteiger partial charge in [-0.15, -0.1) is 0 Å². The predicted octanol–water partition coefficient (Wildman–Crippen LogP) is 17.8. The third kappa shape index (κ3) is 8.51. The second-order valence-electron chi connectivity index (χ2n) is 16.8. The van der Waals surface area contributed by atoms with Gasteiger partial charge in [0.25, 0.3) is 0 Å². The van der Waals surface area contributed by atoms with E-state index in [0.717, 1.165) is 45.0 Å². The minimum atomic E-state index is 0.889. The molecule has 320 valence electrons. The predicted molar refractivity (Wildman–Crippen MR) is 287 cm³/mol. The molecular formula is C66H46N2. The van der Waals surface area contributed by atoms with Crippen molar-refractivity contribution < 1.29 is 0 Å². The molecule has 1 heterocycles. The molecule has 0 saturated heterocycles. The minimum absolute atomic E-state index is 0.889. The molecule has 0 saturated carbocycles. The van der Waals surface area contributed by atoms with Gasteiger partial charge in [0.2, 0.25) is 0 Å². The van der Waals surface area contributed by atoms with Gasteiger partial charge in [-0.2, -0.15) is 0 Å². The van der Waals surface area contributed by atoms with E-state index in [1.165, 1.54) is 66.1 Å². The molecule has 12 rings (SSSR count). The summed E-state index contributed by atoms with van der Waals surface area (Å²) in [7, 11) is 0. The molecule has 0 fully saturated rings. The van der Waals surface area contributed by atoms with Gasteiger partial charge in [0.05, 0.1) is 22.8 Å². The van der Waals surface area contributed by atoms with Gasteiger partial charge in [0.1, 0.15) is 0 Å². The Labute approximate surface area is 398 Å². The molecule has 0 N–H and O–H groups in total. The van der Waals surface area contributed by atoms with Gasteiger partial charge in [-0.05, 0) is 78.2 Å². The van der Waals surface area contributed by atoms with Gasteiger partial charge in [-0.3, -0.25) is 0 Å². The molecule has 11 aromatic carbocycles. The summed E-state index contributed by atoms with van der Waals surface area (Å²) < 4.78 is 0. The fourth-order valence-corrected chi connectivity index (χ4v) is 9.30. The van der Waals surface area contributed by atoms with E-state index >= 15 is 0 Å². The van der Waals surface area contributed by atoms with Crippen molar-refractivity contribution in [3.05, 3.63) is 279 Å². The van der Waals surface area contributed by atoms with Gasteiger partial charge in [-0.25, -0.2) is 9.97 Å². The van der Waals surface area contributed by atoms with Crippen molar-refractivity contribution in [2.75, 3.05) is 0 Å². The van der Waals surface area contributed by atoms with Gasteiger partial charge < -0.3 is 0 Å². The molecule has 0 aliphatic carbocycles. The first-order valence-electron chi connectivity index (χ1n) is 23.2. The number of fused-ring (bicyclic) bond motifs is 2. The zero-order valence-electron chi connectivity index (χ0n) is 37.5. The number of aromatic nitrogens is 2. The minimum Gasteiger partial charge on any atom is -0.243 e. The summed E-state index contributed by atoms with van der Waals surface area (Å²) in [6, 6.07) is 98.1. The average Bonchev–Trinajstić information content (AvgIpc) is 3.44. The van der Waals surface area contributed by atoms with Crippen LogP contribution in [0.1, 0.15) is 0 Å². The van der Waals surface area contributed by atoms with Crippen molar-refractivity contribution in [2.24, 2.45) is 0 Å². The number of rotatable bonds is 8. The number of hydrogen-bond acceptors (Lipinski definition) is 2. The van der Waals surface area contributed by atoms with E-state index in [-0.39, 0.29) is 0 Å². The van der Waals surface area contributed by atoms with Crippen LogP contribution in [0.2, 0.25) is 0 Å². The maximum absolute atomic E-state index is 5.20. The average molecular weight is 867 g/mol. The summed E-state index contributed by atoms with van der Waals surface area (Å²) in [5, 5.41) is 5.09. The Hall–Kier alpha value is -8.98. The summed E-state index contributed by atoms with van der Waals surface area (Å²) in [5.74, 6) is 0. The molecule has 0 amide bonds. The molecule has 12 aromatic rings. The van der Waals surface area contributed by atoms with Gasteiger partial charge in [0, 0.05) is 22.3 Å². The van der Waals surface area contributed by atoms with Crippen LogP contribution in [0.25, 0.3) is 111 Å². The number of benzene rings is 11. The van der Waals surface area contributed by atoms with E-state index in [0.29, 0.717) is 0 Å². The van der Waals surface area contributed by atoms with E-state index in [1.807, 2.05) is 72.8 Å². The smallest absolute Gasteiger partial charge is 0.0973 e. The number of nitrogens with zero attached hydrogens (tertiary/aromatic N) is 2. The zero-order valence-corrected chi connectivity index (χ0v) is 37.5. The topological polar surface area (TPSA) is 25.8 Å². The second kappa shape index (κ2) is 19.2. The lowest BCUT2D eigenvalue weighted by molar-refractivity contribution is 1.21. The van der Waals surface area contributed by atoms with Crippen molar-refractivity contribution >= 4 is 21.5 Å². The molecule has 0 bridgehead atoms. The quantitative estimate of drug-likeness (QED) is 0.142. The van der Waals surface area contributed by atoms with Crippen LogP contribution in [-0.4, -0.2) is 9.97 Å². The highest BCUT2D eigenvalue weighted by atomic mass is 14.9. The Morgan fingerprint density at radius 3 is 0.632 bits per heavy atom. The first-order chi connectivity index (χ1) is 33.8. The third-order valence-electron chi connectivity index (χ3n) is 12.5. The molecule has 0 aliphatic heterocycles. The first-order valence-corrected chi connectivity index (χ1v) is 23.2. The largest absolute Gasteiger partial charge is 0.243 e. The molecule has 0 spiro atoms. The summed E-state index contributed by atoms with van der Waals surface area (Å²) in [5.41, 5.74) is 17.7. The molecule has 0 atom stereocenters. The lowest BCUT2D eigenvalue weighted by Crippen LogP contribution is -2.00. The van der Waals surface area contributed by atoms with Crippen LogP contribution in [0.15, 0.2) is 279 Å². The molecule has 2 nitrogen and oxygen atoms in total. The van der Waals surface area contributed by atoms with Crippen LogP contribution >= 0.6 is 0 Å². The van der Waals surface area contributed by atoms with Crippen LogP contribution in [0.5, 0.6) is 0 Å². The van der Waals surface area contributed by atoms with Crippen molar-refractivity contribution in [3.63, 3.8) is 0 Å². The van der Waals surface area contributed by atoms with Gasteiger partial charge in [-0.1, -0.05) is 267 Å².